The summed E-state index contributed by atoms with van der Waals surface area (Å²) in [4.78, 5) is 28.2. The van der Waals surface area contributed by atoms with Gasteiger partial charge in [-0.05, 0) is 59.2 Å². The Balaban J connectivity index is 1.97. The molecule has 0 aliphatic rings. The molecule has 3 rings (SSSR count). The highest BCUT2D eigenvalue weighted by Gasteiger charge is 2.32. The van der Waals surface area contributed by atoms with E-state index in [9.17, 15) is 18.0 Å². The third-order valence-electron chi connectivity index (χ3n) is 5.67. The Kier molecular flexibility index (Phi) is 6.30. The van der Waals surface area contributed by atoms with Crippen molar-refractivity contribution in [2.24, 2.45) is 0 Å². The number of furan rings is 1. The van der Waals surface area contributed by atoms with Gasteiger partial charge in [-0.15, -0.1) is 0 Å². The molecule has 0 saturated heterocycles. The van der Waals surface area contributed by atoms with Crippen LogP contribution in [0.5, 0.6) is 0 Å². The minimum absolute atomic E-state index is 0.0648. The number of nitrogens with one attached hydrogen (secondary N) is 1. The maximum absolute atomic E-state index is 13.3. The van der Waals surface area contributed by atoms with E-state index in [1.54, 1.807) is 46.8 Å². The van der Waals surface area contributed by atoms with Crippen LogP contribution in [-0.4, -0.2) is 46.1 Å². The van der Waals surface area contributed by atoms with E-state index >= 15 is 0 Å². The lowest BCUT2D eigenvalue weighted by Crippen LogP contribution is -2.27. The highest BCUT2D eigenvalue weighted by atomic mass is 32.2. The third-order valence-corrected chi connectivity index (χ3v) is 7.72. The number of H-pyrrole nitrogens is 1. The van der Waals surface area contributed by atoms with Gasteiger partial charge >= 0.3 is 0 Å². The van der Waals surface area contributed by atoms with Gasteiger partial charge in [0.1, 0.15) is 16.7 Å². The SMILES string of the molecule is CC(=O)c1c(C)[nH]c(C(=O)[C@@H](C)n2nc(C)c(S(=O)(=O)N(C)Cc3ccco3)c2C)c1C. The average Bonchev–Trinajstić information content (AvgIpc) is 3.39. The summed E-state index contributed by atoms with van der Waals surface area (Å²) >= 11 is 0. The molecule has 0 aliphatic heterocycles. The maximum Gasteiger partial charge on any atom is 0.246 e. The molecule has 3 aromatic rings. The highest BCUT2D eigenvalue weighted by Crippen LogP contribution is 2.28. The number of aryl methyl sites for hydroxylation is 2. The van der Waals surface area contributed by atoms with Crippen molar-refractivity contribution >= 4 is 21.6 Å². The third kappa shape index (κ3) is 3.95. The second-order valence-corrected chi connectivity index (χ2v) is 9.99. The monoisotopic (exact) mass is 460 g/mol. The van der Waals surface area contributed by atoms with Gasteiger partial charge in [-0.25, -0.2) is 8.42 Å². The number of aromatic nitrogens is 3. The molecule has 3 heterocycles. The van der Waals surface area contributed by atoms with Crippen LogP contribution in [0, 0.1) is 27.7 Å². The Labute approximate surface area is 187 Å². The van der Waals surface area contributed by atoms with E-state index in [2.05, 4.69) is 10.1 Å². The van der Waals surface area contributed by atoms with Crippen molar-refractivity contribution in [3.05, 3.63) is 58.1 Å². The Morgan fingerprint density at radius 3 is 2.44 bits per heavy atom. The molecule has 10 heteroatoms. The van der Waals surface area contributed by atoms with E-state index in [-0.39, 0.29) is 23.0 Å². The number of carbonyl (C=O) groups is 2. The summed E-state index contributed by atoms with van der Waals surface area (Å²) in [6.07, 6.45) is 1.49. The Hall–Kier alpha value is -2.98. The summed E-state index contributed by atoms with van der Waals surface area (Å²) in [5.41, 5.74) is 2.70. The fourth-order valence-electron chi connectivity index (χ4n) is 4.11. The number of Topliss-reactive ketones (excluding diaryl/α,β-unsaturated/α-hetero) is 2. The van der Waals surface area contributed by atoms with Crippen LogP contribution < -0.4 is 0 Å². The molecule has 9 nitrogen and oxygen atoms in total. The minimum atomic E-state index is -3.88. The predicted octanol–water partition coefficient (Wildman–Crippen LogP) is 3.51. The highest BCUT2D eigenvalue weighted by molar-refractivity contribution is 7.89. The number of aromatic amines is 1. The zero-order valence-corrected chi connectivity index (χ0v) is 20.1. The molecule has 0 spiro atoms. The Morgan fingerprint density at radius 2 is 1.91 bits per heavy atom. The van der Waals surface area contributed by atoms with Gasteiger partial charge in [-0.2, -0.15) is 9.40 Å². The number of sulfonamides is 1. The largest absolute Gasteiger partial charge is 0.468 e. The summed E-state index contributed by atoms with van der Waals surface area (Å²) < 4.78 is 34.4. The molecule has 172 valence electrons. The number of carbonyl (C=O) groups excluding carboxylic acids is 2. The fourth-order valence-corrected chi connectivity index (χ4v) is 5.60. The molecule has 0 bridgehead atoms. The Bertz CT molecular complexity index is 1280. The second kappa shape index (κ2) is 8.51. The van der Waals surface area contributed by atoms with E-state index in [4.69, 9.17) is 4.42 Å². The van der Waals surface area contributed by atoms with Crippen molar-refractivity contribution in [3.8, 4) is 0 Å². The molecule has 0 amide bonds. The summed E-state index contributed by atoms with van der Waals surface area (Å²) in [6, 6.07) is 2.62. The first kappa shape index (κ1) is 23.7. The second-order valence-electron chi connectivity index (χ2n) is 8.01. The topological polar surface area (TPSA) is 118 Å². The molecule has 32 heavy (non-hydrogen) atoms. The molecule has 0 radical (unpaired) electrons. The van der Waals surface area contributed by atoms with Crippen LogP contribution in [0.15, 0.2) is 27.7 Å². The summed E-state index contributed by atoms with van der Waals surface area (Å²) in [7, 11) is -2.41. The van der Waals surface area contributed by atoms with Crippen molar-refractivity contribution in [1.82, 2.24) is 19.1 Å². The molecular formula is C22H28N4O5S. The molecule has 0 unspecified atom stereocenters. The maximum atomic E-state index is 13.3. The number of hydrogen-bond donors (Lipinski definition) is 1. The average molecular weight is 461 g/mol. The van der Waals surface area contributed by atoms with Crippen LogP contribution in [0.1, 0.15) is 69.1 Å². The van der Waals surface area contributed by atoms with E-state index in [1.165, 1.54) is 29.2 Å². The standard InChI is InChI=1S/C22H28N4O5S/c1-12-19(17(6)27)13(2)23-20(12)21(28)15(4)26-16(5)22(14(3)24-26)32(29,30)25(7)11-18-9-8-10-31-18/h8-10,15,23H,11H2,1-7H3/t15-/m1/s1. The molecule has 0 saturated carbocycles. The van der Waals surface area contributed by atoms with Gasteiger partial charge < -0.3 is 9.40 Å². The lowest BCUT2D eigenvalue weighted by molar-refractivity contribution is 0.0921. The molecule has 0 aliphatic carbocycles. The van der Waals surface area contributed by atoms with Crippen molar-refractivity contribution in [3.63, 3.8) is 0 Å². The van der Waals surface area contributed by atoms with Crippen molar-refractivity contribution in [1.29, 1.82) is 0 Å². The fraction of sp³-hybridized carbons (Fsp3) is 0.409. The normalized spacial score (nSPS) is 13.0. The van der Waals surface area contributed by atoms with Gasteiger partial charge in [-0.1, -0.05) is 0 Å². The van der Waals surface area contributed by atoms with Crippen LogP contribution in [0.4, 0.5) is 0 Å². The number of ketones is 2. The van der Waals surface area contributed by atoms with E-state index in [1.807, 2.05) is 0 Å². The van der Waals surface area contributed by atoms with Crippen LogP contribution in [-0.2, 0) is 16.6 Å². The van der Waals surface area contributed by atoms with E-state index in [0.717, 1.165) is 0 Å². The van der Waals surface area contributed by atoms with E-state index in [0.29, 0.717) is 39.7 Å². The van der Waals surface area contributed by atoms with Gasteiger partial charge in [0.2, 0.25) is 15.8 Å². The number of rotatable bonds is 8. The first-order chi connectivity index (χ1) is 14.9. The Morgan fingerprint density at radius 1 is 1.25 bits per heavy atom. The predicted molar refractivity (Wildman–Crippen MR) is 118 cm³/mol. The lowest BCUT2D eigenvalue weighted by atomic mass is 10.0. The van der Waals surface area contributed by atoms with Gasteiger partial charge in [0.25, 0.3) is 0 Å². The summed E-state index contributed by atoms with van der Waals surface area (Å²) in [5.74, 6) is 0.111. The van der Waals surface area contributed by atoms with Crippen LogP contribution in [0.3, 0.4) is 0 Å². The first-order valence-corrected chi connectivity index (χ1v) is 11.6. The summed E-state index contributed by atoms with van der Waals surface area (Å²) in [6.45, 7) is 9.89. The van der Waals surface area contributed by atoms with Crippen molar-refractivity contribution in [2.75, 3.05) is 7.05 Å². The van der Waals surface area contributed by atoms with Gasteiger partial charge in [0.05, 0.1) is 29.9 Å². The minimum Gasteiger partial charge on any atom is -0.468 e. The van der Waals surface area contributed by atoms with Gasteiger partial charge in [0, 0.05) is 18.3 Å². The zero-order valence-electron chi connectivity index (χ0n) is 19.3. The zero-order chi connectivity index (χ0) is 24.0. The van der Waals surface area contributed by atoms with Crippen molar-refractivity contribution < 1.29 is 22.4 Å². The van der Waals surface area contributed by atoms with Crippen LogP contribution in [0.2, 0.25) is 0 Å². The van der Waals surface area contributed by atoms with Gasteiger partial charge in [-0.3, -0.25) is 14.3 Å². The number of hydrogen-bond acceptors (Lipinski definition) is 6. The van der Waals surface area contributed by atoms with Gasteiger partial charge in [0.15, 0.2) is 5.78 Å². The summed E-state index contributed by atoms with van der Waals surface area (Å²) in [5, 5.41) is 4.38. The molecular weight excluding hydrogens is 432 g/mol. The molecule has 3 aromatic heterocycles. The molecule has 0 fully saturated rings. The molecule has 1 atom stereocenters. The smallest absolute Gasteiger partial charge is 0.246 e. The first-order valence-electron chi connectivity index (χ1n) is 10.2. The van der Waals surface area contributed by atoms with Crippen LogP contribution >= 0.6 is 0 Å². The number of nitrogens with zero attached hydrogens (tertiary/aromatic N) is 3. The van der Waals surface area contributed by atoms with Crippen molar-refractivity contribution in [2.45, 2.75) is 59.0 Å². The molecule has 1 N–H and O–H groups in total. The molecule has 0 aromatic carbocycles. The quantitative estimate of drug-likeness (QED) is 0.514. The van der Waals surface area contributed by atoms with E-state index < -0.39 is 16.1 Å². The lowest BCUT2D eigenvalue weighted by Gasteiger charge is -2.17. The van der Waals surface area contributed by atoms with Crippen LogP contribution in [0.25, 0.3) is 0 Å².